The zero-order chi connectivity index (χ0) is 11.7. The molecule has 1 aliphatic heterocycles. The lowest BCUT2D eigenvalue weighted by Crippen LogP contribution is -2.43. The Kier molecular flexibility index (Phi) is 2.64. The zero-order valence-corrected chi connectivity index (χ0v) is 9.01. The molecule has 0 aliphatic carbocycles. The molecule has 0 aromatic heterocycles. The van der Waals surface area contributed by atoms with Crippen molar-refractivity contribution in [2.45, 2.75) is 19.4 Å². The van der Waals surface area contributed by atoms with E-state index in [0.717, 1.165) is 11.1 Å². The van der Waals surface area contributed by atoms with E-state index in [1.165, 1.54) is 4.90 Å². The molecule has 84 valence electrons. The molecule has 1 heterocycles. The molecule has 1 amide bonds. The van der Waals surface area contributed by atoms with Gasteiger partial charge in [0.15, 0.2) is 6.04 Å². The Bertz CT molecular complexity index is 442. The number of aliphatic carboxylic acids is 1. The Morgan fingerprint density at radius 2 is 2.19 bits per heavy atom. The number of carboxylic acids is 1. The maximum absolute atomic E-state index is 11.8. The molecule has 4 nitrogen and oxygen atoms in total. The Balaban J connectivity index is 2.52. The van der Waals surface area contributed by atoms with Crippen LogP contribution in [-0.4, -0.2) is 28.4 Å². The van der Waals surface area contributed by atoms with Crippen LogP contribution in [0.15, 0.2) is 24.3 Å². The molecule has 0 fully saturated rings. The second-order valence-corrected chi connectivity index (χ2v) is 3.80. The average molecular weight is 219 g/mol. The van der Waals surface area contributed by atoms with Crippen molar-refractivity contribution in [2.24, 2.45) is 0 Å². The van der Waals surface area contributed by atoms with Gasteiger partial charge in [0.2, 0.25) is 5.91 Å². The molecule has 0 saturated carbocycles. The molecule has 0 spiro atoms. The molecule has 1 aliphatic rings. The molecule has 16 heavy (non-hydrogen) atoms. The number of amides is 1. The largest absolute Gasteiger partial charge is 0.479 e. The van der Waals surface area contributed by atoms with Crippen LogP contribution in [0.3, 0.4) is 0 Å². The lowest BCUT2D eigenvalue weighted by molar-refractivity contribution is -0.151. The fourth-order valence-corrected chi connectivity index (χ4v) is 2.16. The van der Waals surface area contributed by atoms with E-state index in [4.69, 9.17) is 0 Å². The van der Waals surface area contributed by atoms with Crippen molar-refractivity contribution >= 4 is 11.9 Å². The van der Waals surface area contributed by atoms with Gasteiger partial charge in [-0.2, -0.15) is 0 Å². The van der Waals surface area contributed by atoms with Crippen LogP contribution in [-0.2, 0) is 16.0 Å². The molecule has 4 heteroatoms. The minimum atomic E-state index is -0.970. The van der Waals surface area contributed by atoms with E-state index in [-0.39, 0.29) is 5.91 Å². The first-order chi connectivity index (χ1) is 7.65. The van der Waals surface area contributed by atoms with Crippen molar-refractivity contribution in [3.8, 4) is 0 Å². The normalized spacial score (nSPS) is 19.4. The first-order valence-electron chi connectivity index (χ1n) is 5.25. The minimum Gasteiger partial charge on any atom is -0.479 e. The summed E-state index contributed by atoms with van der Waals surface area (Å²) >= 11 is 0. The molecule has 1 aromatic rings. The van der Waals surface area contributed by atoms with Crippen molar-refractivity contribution in [3.63, 3.8) is 0 Å². The molecule has 2 rings (SSSR count). The SMILES string of the molecule is CCN1C(=O)Cc2ccccc2C1C(=O)O. The second kappa shape index (κ2) is 3.96. The third-order valence-electron chi connectivity index (χ3n) is 2.90. The van der Waals surface area contributed by atoms with E-state index in [0.29, 0.717) is 13.0 Å². The molecule has 1 atom stereocenters. The highest BCUT2D eigenvalue weighted by molar-refractivity contribution is 5.89. The van der Waals surface area contributed by atoms with Gasteiger partial charge in [0.1, 0.15) is 0 Å². The smallest absolute Gasteiger partial charge is 0.331 e. The number of hydrogen-bond donors (Lipinski definition) is 1. The van der Waals surface area contributed by atoms with E-state index in [1.807, 2.05) is 12.1 Å². The molecular weight excluding hydrogens is 206 g/mol. The third-order valence-corrected chi connectivity index (χ3v) is 2.90. The predicted octanol–water partition coefficient (Wildman–Crippen LogP) is 1.22. The molecule has 0 radical (unpaired) electrons. The van der Waals surface area contributed by atoms with Crippen LogP contribution in [0.5, 0.6) is 0 Å². The summed E-state index contributed by atoms with van der Waals surface area (Å²) in [5.74, 6) is -1.09. The maximum atomic E-state index is 11.8. The Morgan fingerprint density at radius 1 is 1.50 bits per heavy atom. The highest BCUT2D eigenvalue weighted by atomic mass is 16.4. The lowest BCUT2D eigenvalue weighted by Gasteiger charge is -2.33. The molecule has 1 unspecified atom stereocenters. The van der Waals surface area contributed by atoms with E-state index in [9.17, 15) is 14.7 Å². The summed E-state index contributed by atoms with van der Waals surface area (Å²) in [6.45, 7) is 2.21. The van der Waals surface area contributed by atoms with E-state index >= 15 is 0 Å². The van der Waals surface area contributed by atoms with Crippen molar-refractivity contribution in [1.29, 1.82) is 0 Å². The number of hydrogen-bond acceptors (Lipinski definition) is 2. The molecule has 1 aromatic carbocycles. The first kappa shape index (κ1) is 10.7. The highest BCUT2D eigenvalue weighted by Gasteiger charge is 2.35. The van der Waals surface area contributed by atoms with Gasteiger partial charge >= 0.3 is 5.97 Å². The van der Waals surface area contributed by atoms with Crippen LogP contribution in [0.2, 0.25) is 0 Å². The number of likely N-dealkylation sites (N-methyl/N-ethyl adjacent to an activating group) is 1. The van der Waals surface area contributed by atoms with E-state index in [2.05, 4.69) is 0 Å². The second-order valence-electron chi connectivity index (χ2n) is 3.80. The summed E-state index contributed by atoms with van der Waals surface area (Å²) in [6.07, 6.45) is 0.299. The molecule has 0 bridgehead atoms. The fraction of sp³-hybridized carbons (Fsp3) is 0.333. The monoisotopic (exact) mass is 219 g/mol. The van der Waals surface area contributed by atoms with Crippen molar-refractivity contribution < 1.29 is 14.7 Å². The standard InChI is InChI=1S/C12H13NO3/c1-2-13-10(14)7-8-5-3-4-6-9(8)11(13)12(15)16/h3-6,11H,2,7H2,1H3,(H,15,16). The van der Waals surface area contributed by atoms with Gasteiger partial charge in [-0.25, -0.2) is 4.79 Å². The van der Waals surface area contributed by atoms with Crippen LogP contribution in [0.1, 0.15) is 24.1 Å². The average Bonchev–Trinajstić information content (AvgIpc) is 2.26. The van der Waals surface area contributed by atoms with Gasteiger partial charge in [0, 0.05) is 6.54 Å². The van der Waals surface area contributed by atoms with Crippen molar-refractivity contribution in [3.05, 3.63) is 35.4 Å². The summed E-state index contributed by atoms with van der Waals surface area (Å²) in [5.41, 5.74) is 1.56. The van der Waals surface area contributed by atoms with Gasteiger partial charge in [-0.1, -0.05) is 24.3 Å². The Morgan fingerprint density at radius 3 is 2.81 bits per heavy atom. The van der Waals surface area contributed by atoms with Gasteiger partial charge < -0.3 is 10.0 Å². The van der Waals surface area contributed by atoms with E-state index in [1.54, 1.807) is 19.1 Å². The quantitative estimate of drug-likeness (QED) is 0.813. The number of carbonyl (C=O) groups is 2. The maximum Gasteiger partial charge on any atom is 0.331 e. The summed E-state index contributed by atoms with van der Waals surface area (Å²) < 4.78 is 0. The Labute approximate surface area is 93.5 Å². The third kappa shape index (κ3) is 1.56. The lowest BCUT2D eigenvalue weighted by atomic mass is 9.92. The van der Waals surface area contributed by atoms with E-state index < -0.39 is 12.0 Å². The summed E-state index contributed by atoms with van der Waals surface area (Å²) in [4.78, 5) is 24.4. The van der Waals surface area contributed by atoms with Gasteiger partial charge in [-0.3, -0.25) is 4.79 Å². The summed E-state index contributed by atoms with van der Waals surface area (Å²) in [5, 5.41) is 9.21. The topological polar surface area (TPSA) is 57.6 Å². The van der Waals surface area contributed by atoms with Crippen LogP contribution in [0.4, 0.5) is 0 Å². The van der Waals surface area contributed by atoms with Gasteiger partial charge in [-0.05, 0) is 18.1 Å². The highest BCUT2D eigenvalue weighted by Crippen LogP contribution is 2.30. The molecular formula is C12H13NO3. The van der Waals surface area contributed by atoms with Crippen LogP contribution in [0.25, 0.3) is 0 Å². The fourth-order valence-electron chi connectivity index (χ4n) is 2.16. The number of fused-ring (bicyclic) bond motifs is 1. The van der Waals surface area contributed by atoms with Crippen LogP contribution in [0, 0.1) is 0 Å². The first-order valence-corrected chi connectivity index (χ1v) is 5.25. The molecule has 1 N–H and O–H groups in total. The van der Waals surface area contributed by atoms with Gasteiger partial charge in [0.25, 0.3) is 0 Å². The number of carbonyl (C=O) groups excluding carboxylic acids is 1. The summed E-state index contributed by atoms with van der Waals surface area (Å²) in [6, 6.07) is 6.40. The number of carboxylic acid groups (broad SMARTS) is 1. The number of nitrogens with zero attached hydrogens (tertiary/aromatic N) is 1. The molecule has 0 saturated heterocycles. The number of benzene rings is 1. The van der Waals surface area contributed by atoms with Crippen molar-refractivity contribution in [1.82, 2.24) is 4.90 Å². The van der Waals surface area contributed by atoms with Crippen LogP contribution < -0.4 is 0 Å². The summed E-state index contributed by atoms with van der Waals surface area (Å²) in [7, 11) is 0. The Hall–Kier alpha value is -1.84. The van der Waals surface area contributed by atoms with Gasteiger partial charge in [0.05, 0.1) is 6.42 Å². The van der Waals surface area contributed by atoms with Crippen LogP contribution >= 0.6 is 0 Å². The van der Waals surface area contributed by atoms with Gasteiger partial charge in [-0.15, -0.1) is 0 Å². The van der Waals surface area contributed by atoms with Crippen molar-refractivity contribution in [2.75, 3.05) is 6.54 Å². The predicted molar refractivity (Wildman–Crippen MR) is 57.9 cm³/mol. The zero-order valence-electron chi connectivity index (χ0n) is 9.01. The number of rotatable bonds is 2. The minimum absolute atomic E-state index is 0.117.